The molecule has 0 aliphatic carbocycles. The molecule has 0 saturated carbocycles. The summed E-state index contributed by atoms with van der Waals surface area (Å²) in [7, 11) is 0. The summed E-state index contributed by atoms with van der Waals surface area (Å²) in [6.07, 6.45) is 0.0691. The van der Waals surface area contributed by atoms with Crippen LogP contribution in [0.4, 0.5) is 17.2 Å². The van der Waals surface area contributed by atoms with E-state index in [4.69, 9.17) is 4.52 Å². The minimum atomic E-state index is -0.523. The van der Waals surface area contributed by atoms with E-state index in [2.05, 4.69) is 10.5 Å². The number of nitrogens with one attached hydrogen (secondary N) is 1. The van der Waals surface area contributed by atoms with Gasteiger partial charge < -0.3 is 14.7 Å². The first-order valence-electron chi connectivity index (χ1n) is 7.23. The Balaban J connectivity index is 1.68. The molecular formula is C15H14N4O5. The van der Waals surface area contributed by atoms with Crippen molar-refractivity contribution in [1.82, 2.24) is 5.16 Å². The van der Waals surface area contributed by atoms with Crippen LogP contribution in [-0.4, -0.2) is 28.4 Å². The number of nitro benzene ring substituents is 1. The van der Waals surface area contributed by atoms with Crippen molar-refractivity contribution in [1.29, 1.82) is 0 Å². The average molecular weight is 330 g/mol. The van der Waals surface area contributed by atoms with Crippen LogP contribution >= 0.6 is 0 Å². The van der Waals surface area contributed by atoms with Crippen LogP contribution in [-0.2, 0) is 9.59 Å². The van der Waals surface area contributed by atoms with Gasteiger partial charge in [0.1, 0.15) is 5.76 Å². The summed E-state index contributed by atoms with van der Waals surface area (Å²) >= 11 is 0. The van der Waals surface area contributed by atoms with E-state index in [0.717, 1.165) is 0 Å². The number of amides is 2. The lowest BCUT2D eigenvalue weighted by molar-refractivity contribution is -0.384. The second-order valence-electron chi connectivity index (χ2n) is 5.49. The van der Waals surface area contributed by atoms with Crippen molar-refractivity contribution in [2.24, 2.45) is 5.92 Å². The van der Waals surface area contributed by atoms with E-state index < -0.39 is 10.8 Å². The predicted molar refractivity (Wildman–Crippen MR) is 83.4 cm³/mol. The zero-order valence-corrected chi connectivity index (χ0v) is 12.8. The lowest BCUT2D eigenvalue weighted by Gasteiger charge is -2.16. The first-order valence-corrected chi connectivity index (χ1v) is 7.23. The minimum absolute atomic E-state index is 0.0545. The zero-order chi connectivity index (χ0) is 17.3. The van der Waals surface area contributed by atoms with Crippen molar-refractivity contribution in [2.45, 2.75) is 13.3 Å². The Hall–Kier alpha value is -3.23. The molecule has 0 unspecified atom stereocenters. The first kappa shape index (κ1) is 15.7. The lowest BCUT2D eigenvalue weighted by atomic mass is 10.1. The van der Waals surface area contributed by atoms with Crippen LogP contribution in [0.3, 0.4) is 0 Å². The standard InChI is InChI=1S/C15H14N4O5/c1-9-6-13(17-24-9)16-15(21)10-7-14(20)18(8-10)11-2-4-12(5-3-11)19(22)23/h2-6,10H,7-8H2,1H3,(H,16,17,21)/t10-/m0/s1. The predicted octanol–water partition coefficient (Wildman–Crippen LogP) is 1.88. The molecule has 1 fully saturated rings. The highest BCUT2D eigenvalue weighted by atomic mass is 16.6. The van der Waals surface area contributed by atoms with Gasteiger partial charge in [0, 0.05) is 36.9 Å². The van der Waals surface area contributed by atoms with Gasteiger partial charge in [0.2, 0.25) is 11.8 Å². The number of benzene rings is 1. The summed E-state index contributed by atoms with van der Waals surface area (Å²) in [4.78, 5) is 36.0. The Kier molecular flexibility index (Phi) is 3.98. The zero-order valence-electron chi connectivity index (χ0n) is 12.8. The number of nitrogens with zero attached hydrogens (tertiary/aromatic N) is 3. The van der Waals surface area contributed by atoms with Crippen molar-refractivity contribution in [3.8, 4) is 0 Å². The number of hydrogen-bond donors (Lipinski definition) is 1. The Morgan fingerprint density at radius 3 is 2.71 bits per heavy atom. The van der Waals surface area contributed by atoms with E-state index in [1.165, 1.54) is 29.2 Å². The summed E-state index contributed by atoms with van der Waals surface area (Å²) in [5.74, 6) is -0.176. The first-order chi connectivity index (χ1) is 11.4. The summed E-state index contributed by atoms with van der Waals surface area (Å²) in [5, 5.41) is 17.0. The van der Waals surface area contributed by atoms with Crippen molar-refractivity contribution in [3.63, 3.8) is 0 Å². The van der Waals surface area contributed by atoms with Crippen LogP contribution < -0.4 is 10.2 Å². The third-order valence-corrected chi connectivity index (χ3v) is 3.75. The van der Waals surface area contributed by atoms with Gasteiger partial charge in [-0.05, 0) is 19.1 Å². The molecule has 2 amide bonds. The number of carbonyl (C=O) groups excluding carboxylic acids is 2. The maximum absolute atomic E-state index is 12.2. The highest BCUT2D eigenvalue weighted by Crippen LogP contribution is 2.27. The maximum Gasteiger partial charge on any atom is 0.269 e. The van der Waals surface area contributed by atoms with Crippen LogP contribution in [0, 0.1) is 23.0 Å². The molecule has 124 valence electrons. The number of nitro groups is 1. The third-order valence-electron chi connectivity index (χ3n) is 3.75. The quantitative estimate of drug-likeness (QED) is 0.675. The molecule has 24 heavy (non-hydrogen) atoms. The molecule has 1 N–H and O–H groups in total. The van der Waals surface area contributed by atoms with E-state index in [-0.39, 0.29) is 30.5 Å². The summed E-state index contributed by atoms with van der Waals surface area (Å²) < 4.78 is 4.87. The van der Waals surface area contributed by atoms with Gasteiger partial charge in [0.15, 0.2) is 5.82 Å². The van der Waals surface area contributed by atoms with E-state index >= 15 is 0 Å². The van der Waals surface area contributed by atoms with Gasteiger partial charge in [0.25, 0.3) is 5.69 Å². The van der Waals surface area contributed by atoms with Crippen molar-refractivity contribution in [3.05, 3.63) is 46.2 Å². The monoisotopic (exact) mass is 330 g/mol. The minimum Gasteiger partial charge on any atom is -0.360 e. The summed E-state index contributed by atoms with van der Waals surface area (Å²) in [5.41, 5.74) is 0.472. The number of aromatic nitrogens is 1. The molecule has 2 heterocycles. The molecule has 9 heteroatoms. The second-order valence-corrected chi connectivity index (χ2v) is 5.49. The Morgan fingerprint density at radius 2 is 2.12 bits per heavy atom. The molecule has 1 atom stereocenters. The fourth-order valence-corrected chi connectivity index (χ4v) is 2.54. The fourth-order valence-electron chi connectivity index (χ4n) is 2.54. The van der Waals surface area contributed by atoms with Crippen LogP contribution in [0.5, 0.6) is 0 Å². The molecule has 1 aliphatic rings. The summed E-state index contributed by atoms with van der Waals surface area (Å²) in [6.45, 7) is 1.91. The maximum atomic E-state index is 12.2. The van der Waals surface area contributed by atoms with Gasteiger partial charge in [-0.25, -0.2) is 0 Å². The van der Waals surface area contributed by atoms with E-state index in [9.17, 15) is 19.7 Å². The number of aryl methyl sites for hydroxylation is 1. The van der Waals surface area contributed by atoms with Gasteiger partial charge >= 0.3 is 0 Å². The second kappa shape index (κ2) is 6.11. The SMILES string of the molecule is Cc1cc(NC(=O)[C@H]2CC(=O)N(c3ccc([N+](=O)[O-])cc3)C2)no1. The highest BCUT2D eigenvalue weighted by Gasteiger charge is 2.35. The van der Waals surface area contributed by atoms with Gasteiger partial charge in [-0.3, -0.25) is 19.7 Å². The van der Waals surface area contributed by atoms with Crippen molar-refractivity contribution >= 4 is 29.0 Å². The molecule has 0 spiro atoms. The molecule has 9 nitrogen and oxygen atoms in total. The lowest BCUT2D eigenvalue weighted by Crippen LogP contribution is -2.28. The van der Waals surface area contributed by atoms with Gasteiger partial charge in [0.05, 0.1) is 10.8 Å². The smallest absolute Gasteiger partial charge is 0.269 e. The van der Waals surface area contributed by atoms with Crippen LogP contribution in [0.25, 0.3) is 0 Å². The van der Waals surface area contributed by atoms with E-state index in [1.807, 2.05) is 0 Å². The molecule has 3 rings (SSSR count). The Morgan fingerprint density at radius 1 is 1.42 bits per heavy atom. The fraction of sp³-hybridized carbons (Fsp3) is 0.267. The third kappa shape index (κ3) is 3.09. The molecule has 0 radical (unpaired) electrons. The van der Waals surface area contributed by atoms with Gasteiger partial charge in [-0.2, -0.15) is 0 Å². The average Bonchev–Trinajstić information content (AvgIpc) is 3.13. The number of hydrogen-bond acceptors (Lipinski definition) is 6. The van der Waals surface area contributed by atoms with Crippen molar-refractivity contribution < 1.29 is 19.0 Å². The molecule has 2 aromatic rings. The number of anilines is 2. The van der Waals surface area contributed by atoms with Crippen LogP contribution in [0.2, 0.25) is 0 Å². The molecule has 1 aromatic heterocycles. The van der Waals surface area contributed by atoms with E-state index in [0.29, 0.717) is 17.3 Å². The van der Waals surface area contributed by atoms with Crippen LogP contribution in [0.15, 0.2) is 34.9 Å². The summed E-state index contributed by atoms with van der Waals surface area (Å²) in [6, 6.07) is 7.24. The molecule has 1 saturated heterocycles. The number of rotatable bonds is 4. The largest absolute Gasteiger partial charge is 0.360 e. The number of carbonyl (C=O) groups is 2. The number of non-ortho nitro benzene ring substituents is 1. The van der Waals surface area contributed by atoms with Crippen LogP contribution in [0.1, 0.15) is 12.2 Å². The van der Waals surface area contributed by atoms with Gasteiger partial charge in [-0.1, -0.05) is 5.16 Å². The Labute approximate surface area is 136 Å². The molecule has 1 aromatic carbocycles. The Bertz CT molecular complexity index is 798. The van der Waals surface area contributed by atoms with E-state index in [1.54, 1.807) is 13.0 Å². The molecule has 0 bridgehead atoms. The highest BCUT2D eigenvalue weighted by molar-refractivity contribution is 6.03. The van der Waals surface area contributed by atoms with Crippen molar-refractivity contribution in [2.75, 3.05) is 16.8 Å². The molecular weight excluding hydrogens is 316 g/mol. The normalized spacial score (nSPS) is 17.1. The molecule has 1 aliphatic heterocycles. The van der Waals surface area contributed by atoms with Gasteiger partial charge in [-0.15, -0.1) is 0 Å². The topological polar surface area (TPSA) is 119 Å².